The highest BCUT2D eigenvalue weighted by Gasteiger charge is 2.23. The first-order valence-electron chi connectivity index (χ1n) is 8.57. The molecule has 0 saturated heterocycles. The summed E-state index contributed by atoms with van der Waals surface area (Å²) in [7, 11) is 1.59. The van der Waals surface area contributed by atoms with E-state index in [2.05, 4.69) is 10.6 Å². The minimum atomic E-state index is -0.250. The Morgan fingerprint density at radius 2 is 1.62 bits per heavy atom. The molecule has 6 heteroatoms. The van der Waals surface area contributed by atoms with Crippen LogP contribution in [0.15, 0.2) is 48.5 Å². The zero-order valence-electron chi connectivity index (χ0n) is 14.7. The molecule has 0 atom stereocenters. The van der Waals surface area contributed by atoms with Crippen molar-refractivity contribution >= 4 is 17.5 Å². The first kappa shape index (κ1) is 17.8. The quantitative estimate of drug-likeness (QED) is 0.764. The third-order valence-electron chi connectivity index (χ3n) is 3.97. The van der Waals surface area contributed by atoms with Gasteiger partial charge in [0.15, 0.2) is 6.61 Å². The number of nitrogens with one attached hydrogen (secondary N) is 2. The molecule has 0 radical (unpaired) electrons. The van der Waals surface area contributed by atoms with Crippen LogP contribution in [0.2, 0.25) is 0 Å². The Bertz CT molecular complexity index is 752. The van der Waals surface area contributed by atoms with Crippen LogP contribution in [0.1, 0.15) is 18.4 Å². The fourth-order valence-corrected chi connectivity index (χ4v) is 2.42. The molecule has 1 aliphatic carbocycles. The highest BCUT2D eigenvalue weighted by Crippen LogP contribution is 2.19. The first-order chi connectivity index (χ1) is 12.6. The minimum Gasteiger partial charge on any atom is -0.497 e. The largest absolute Gasteiger partial charge is 0.497 e. The van der Waals surface area contributed by atoms with Crippen LogP contribution in [-0.4, -0.2) is 31.6 Å². The van der Waals surface area contributed by atoms with Crippen LogP contribution in [0.5, 0.6) is 11.5 Å². The maximum atomic E-state index is 12.0. The van der Waals surface area contributed by atoms with Gasteiger partial charge in [0.2, 0.25) is 5.91 Å². The number of carbonyl (C=O) groups is 2. The van der Waals surface area contributed by atoms with E-state index in [0.717, 1.165) is 24.2 Å². The number of ether oxygens (including phenoxy) is 2. The summed E-state index contributed by atoms with van der Waals surface area (Å²) >= 11 is 0. The van der Waals surface area contributed by atoms with Gasteiger partial charge in [-0.2, -0.15) is 0 Å². The van der Waals surface area contributed by atoms with Gasteiger partial charge in [-0.1, -0.05) is 12.1 Å². The number of methoxy groups -OCH3 is 1. The Morgan fingerprint density at radius 3 is 2.23 bits per heavy atom. The van der Waals surface area contributed by atoms with Gasteiger partial charge < -0.3 is 20.1 Å². The molecule has 2 aromatic rings. The minimum absolute atomic E-state index is 0.0391. The lowest BCUT2D eigenvalue weighted by atomic mass is 10.1. The van der Waals surface area contributed by atoms with E-state index in [9.17, 15) is 9.59 Å². The van der Waals surface area contributed by atoms with Gasteiger partial charge >= 0.3 is 0 Å². The summed E-state index contributed by atoms with van der Waals surface area (Å²) in [5.41, 5.74) is 1.58. The van der Waals surface area contributed by atoms with Crippen LogP contribution >= 0.6 is 0 Å². The smallest absolute Gasteiger partial charge is 0.262 e. The van der Waals surface area contributed by atoms with E-state index in [-0.39, 0.29) is 18.4 Å². The van der Waals surface area contributed by atoms with Crippen LogP contribution in [0.25, 0.3) is 0 Å². The molecular weight excluding hydrogens is 332 g/mol. The molecule has 136 valence electrons. The van der Waals surface area contributed by atoms with Gasteiger partial charge in [0.05, 0.1) is 13.5 Å². The number of carbonyl (C=O) groups excluding carboxylic acids is 2. The molecule has 0 aliphatic heterocycles. The Morgan fingerprint density at radius 1 is 0.962 bits per heavy atom. The number of hydrogen-bond donors (Lipinski definition) is 2. The van der Waals surface area contributed by atoms with Crippen molar-refractivity contribution in [1.29, 1.82) is 0 Å². The van der Waals surface area contributed by atoms with Gasteiger partial charge in [0.25, 0.3) is 5.91 Å². The predicted octanol–water partition coefficient (Wildman–Crippen LogP) is 2.53. The number of benzene rings is 2. The first-order valence-corrected chi connectivity index (χ1v) is 8.57. The SMILES string of the molecule is COc1ccc(OCC(=O)Nc2ccc(CC(=O)NC3CC3)cc2)cc1. The lowest BCUT2D eigenvalue weighted by Gasteiger charge is -2.09. The summed E-state index contributed by atoms with van der Waals surface area (Å²) in [5.74, 6) is 1.11. The molecule has 0 unspecified atom stereocenters. The van der Waals surface area contributed by atoms with Crippen molar-refractivity contribution in [3.63, 3.8) is 0 Å². The van der Waals surface area contributed by atoms with Gasteiger partial charge in [0, 0.05) is 11.7 Å². The van der Waals surface area contributed by atoms with Gasteiger partial charge in [-0.25, -0.2) is 0 Å². The molecule has 1 saturated carbocycles. The molecule has 1 aliphatic rings. The zero-order valence-corrected chi connectivity index (χ0v) is 14.7. The van der Waals surface area contributed by atoms with Crippen LogP contribution in [0.3, 0.4) is 0 Å². The van der Waals surface area contributed by atoms with Crippen molar-refractivity contribution in [3.05, 3.63) is 54.1 Å². The molecule has 0 heterocycles. The van der Waals surface area contributed by atoms with E-state index in [1.165, 1.54) is 0 Å². The van der Waals surface area contributed by atoms with E-state index >= 15 is 0 Å². The summed E-state index contributed by atoms with van der Waals surface area (Å²) < 4.78 is 10.5. The van der Waals surface area contributed by atoms with Crippen LogP contribution in [0, 0.1) is 0 Å². The van der Waals surface area contributed by atoms with E-state index in [1.807, 2.05) is 12.1 Å². The number of anilines is 1. The van der Waals surface area contributed by atoms with Crippen molar-refractivity contribution in [2.45, 2.75) is 25.3 Å². The average Bonchev–Trinajstić information content (AvgIpc) is 3.46. The van der Waals surface area contributed by atoms with E-state index in [1.54, 1.807) is 43.5 Å². The Kier molecular flexibility index (Phi) is 5.73. The number of rotatable bonds is 8. The van der Waals surface area contributed by atoms with Gasteiger partial charge in [0.1, 0.15) is 11.5 Å². The van der Waals surface area contributed by atoms with E-state index < -0.39 is 0 Å². The molecule has 2 aromatic carbocycles. The van der Waals surface area contributed by atoms with E-state index in [4.69, 9.17) is 9.47 Å². The molecule has 0 spiro atoms. The van der Waals surface area contributed by atoms with Gasteiger partial charge in [-0.05, 0) is 54.8 Å². The maximum Gasteiger partial charge on any atom is 0.262 e. The second-order valence-corrected chi connectivity index (χ2v) is 6.23. The average molecular weight is 354 g/mol. The second kappa shape index (κ2) is 8.38. The maximum absolute atomic E-state index is 12.0. The third-order valence-corrected chi connectivity index (χ3v) is 3.97. The van der Waals surface area contributed by atoms with Crippen molar-refractivity contribution < 1.29 is 19.1 Å². The number of amides is 2. The summed E-state index contributed by atoms with van der Waals surface area (Å²) in [6, 6.07) is 14.6. The Hall–Kier alpha value is -3.02. The molecule has 0 bridgehead atoms. The monoisotopic (exact) mass is 354 g/mol. The summed E-state index contributed by atoms with van der Waals surface area (Å²) in [6.07, 6.45) is 2.51. The molecule has 26 heavy (non-hydrogen) atoms. The molecule has 3 rings (SSSR count). The molecule has 2 amide bonds. The lowest BCUT2D eigenvalue weighted by Crippen LogP contribution is -2.26. The molecule has 6 nitrogen and oxygen atoms in total. The third kappa shape index (κ3) is 5.51. The van der Waals surface area contributed by atoms with Crippen LogP contribution in [0.4, 0.5) is 5.69 Å². The van der Waals surface area contributed by atoms with Crippen LogP contribution in [-0.2, 0) is 16.0 Å². The normalized spacial score (nSPS) is 13.0. The fraction of sp³-hybridized carbons (Fsp3) is 0.300. The highest BCUT2D eigenvalue weighted by molar-refractivity contribution is 5.92. The van der Waals surface area contributed by atoms with Crippen molar-refractivity contribution in [2.24, 2.45) is 0 Å². The van der Waals surface area contributed by atoms with Crippen LogP contribution < -0.4 is 20.1 Å². The van der Waals surface area contributed by atoms with Gasteiger partial charge in [-0.3, -0.25) is 9.59 Å². The summed E-state index contributed by atoms with van der Waals surface area (Å²) in [5, 5.41) is 5.72. The second-order valence-electron chi connectivity index (χ2n) is 6.23. The zero-order chi connectivity index (χ0) is 18.4. The van der Waals surface area contributed by atoms with Crippen molar-refractivity contribution in [2.75, 3.05) is 19.0 Å². The van der Waals surface area contributed by atoms with Gasteiger partial charge in [-0.15, -0.1) is 0 Å². The Labute approximate surface area is 152 Å². The molecule has 1 fully saturated rings. The predicted molar refractivity (Wildman–Crippen MR) is 98.4 cm³/mol. The van der Waals surface area contributed by atoms with Crippen molar-refractivity contribution in [3.8, 4) is 11.5 Å². The molecular formula is C20H22N2O4. The van der Waals surface area contributed by atoms with Crippen molar-refractivity contribution in [1.82, 2.24) is 5.32 Å². The standard InChI is InChI=1S/C20H22N2O4/c1-25-17-8-10-18(11-9-17)26-13-20(24)22-15-4-2-14(3-5-15)12-19(23)21-16-6-7-16/h2-5,8-11,16H,6-7,12-13H2,1H3,(H,21,23)(H,22,24). The number of hydrogen-bond acceptors (Lipinski definition) is 4. The molecule has 0 aromatic heterocycles. The lowest BCUT2D eigenvalue weighted by molar-refractivity contribution is -0.120. The molecule has 2 N–H and O–H groups in total. The fourth-order valence-electron chi connectivity index (χ4n) is 2.42. The topological polar surface area (TPSA) is 76.7 Å². The highest BCUT2D eigenvalue weighted by atomic mass is 16.5. The summed E-state index contributed by atoms with van der Waals surface area (Å²) in [4.78, 5) is 23.8. The summed E-state index contributed by atoms with van der Waals surface area (Å²) in [6.45, 7) is -0.0854. The van der Waals surface area contributed by atoms with E-state index in [0.29, 0.717) is 23.9 Å². The Balaban J connectivity index is 1.43.